The van der Waals surface area contributed by atoms with Crippen LogP contribution in [-0.4, -0.2) is 67.6 Å². The van der Waals surface area contributed by atoms with Gasteiger partial charge >= 0.3 is 0 Å². The van der Waals surface area contributed by atoms with E-state index in [4.69, 9.17) is 16.3 Å². The summed E-state index contributed by atoms with van der Waals surface area (Å²) < 4.78 is 5.34. The molecule has 0 aliphatic carbocycles. The van der Waals surface area contributed by atoms with E-state index in [0.29, 0.717) is 44.4 Å². The molecule has 3 fully saturated rings. The highest BCUT2D eigenvalue weighted by Crippen LogP contribution is 2.29. The van der Waals surface area contributed by atoms with Crippen LogP contribution >= 0.6 is 11.6 Å². The minimum absolute atomic E-state index is 0.0971. The van der Waals surface area contributed by atoms with Crippen LogP contribution in [0, 0.1) is 11.8 Å². The van der Waals surface area contributed by atoms with Crippen molar-refractivity contribution in [3.63, 3.8) is 0 Å². The summed E-state index contributed by atoms with van der Waals surface area (Å²) in [4.78, 5) is 29.9. The summed E-state index contributed by atoms with van der Waals surface area (Å²) in [6, 6.07) is 7.50. The van der Waals surface area contributed by atoms with Crippen molar-refractivity contribution in [3.8, 4) is 0 Å². The number of amides is 2. The van der Waals surface area contributed by atoms with E-state index in [0.717, 1.165) is 24.9 Å². The lowest BCUT2D eigenvalue weighted by molar-refractivity contribution is -0.145. The van der Waals surface area contributed by atoms with Gasteiger partial charge in [0.05, 0.1) is 31.1 Å². The number of rotatable bonds is 3. The minimum atomic E-state index is -0.196. The van der Waals surface area contributed by atoms with E-state index in [2.05, 4.69) is 10.9 Å². The van der Waals surface area contributed by atoms with Gasteiger partial charge in [0, 0.05) is 37.7 Å². The molecule has 3 heterocycles. The number of benzene rings is 1. The molecule has 3 aliphatic heterocycles. The molecule has 152 valence electrons. The largest absolute Gasteiger partial charge is 0.378 e. The van der Waals surface area contributed by atoms with Crippen LogP contribution in [0.4, 0.5) is 0 Å². The number of carbonyl (C=O) groups is 2. The van der Waals surface area contributed by atoms with Crippen LogP contribution in [0.15, 0.2) is 24.3 Å². The first kappa shape index (κ1) is 19.6. The second-order valence-electron chi connectivity index (χ2n) is 7.72. The highest BCUT2D eigenvalue weighted by molar-refractivity contribution is 6.30. The van der Waals surface area contributed by atoms with Gasteiger partial charge in [-0.1, -0.05) is 23.7 Å². The fourth-order valence-electron chi connectivity index (χ4n) is 4.37. The molecular formula is C20H27ClN4O3. The van der Waals surface area contributed by atoms with Crippen LogP contribution in [0.3, 0.4) is 0 Å². The van der Waals surface area contributed by atoms with Crippen LogP contribution in [-0.2, 0) is 14.3 Å². The number of hydrogen-bond donors (Lipinski definition) is 2. The molecule has 0 radical (unpaired) electrons. The van der Waals surface area contributed by atoms with E-state index in [9.17, 15) is 9.59 Å². The quantitative estimate of drug-likeness (QED) is 0.789. The van der Waals surface area contributed by atoms with Gasteiger partial charge in [-0.05, 0) is 30.5 Å². The Morgan fingerprint density at radius 3 is 2.54 bits per heavy atom. The zero-order chi connectivity index (χ0) is 19.5. The molecular weight excluding hydrogens is 380 g/mol. The Bertz CT molecular complexity index is 708. The lowest BCUT2D eigenvalue weighted by atomic mass is 9.91. The molecule has 2 amide bonds. The SMILES string of the molecule is O=C(C1CCCN(C(=O)C2CNNC2c2ccc(Cl)cc2)C1)N1CCOCC1. The van der Waals surface area contributed by atoms with E-state index in [1.807, 2.05) is 34.1 Å². The summed E-state index contributed by atoms with van der Waals surface area (Å²) in [6.45, 7) is 4.31. The first-order valence-corrected chi connectivity index (χ1v) is 10.4. The van der Waals surface area contributed by atoms with Gasteiger partial charge in [-0.15, -0.1) is 0 Å². The second-order valence-corrected chi connectivity index (χ2v) is 8.16. The van der Waals surface area contributed by atoms with E-state index in [-0.39, 0.29) is 29.7 Å². The predicted molar refractivity (Wildman–Crippen MR) is 106 cm³/mol. The monoisotopic (exact) mass is 406 g/mol. The lowest BCUT2D eigenvalue weighted by Gasteiger charge is -2.37. The number of piperidine rings is 1. The van der Waals surface area contributed by atoms with Crippen molar-refractivity contribution >= 4 is 23.4 Å². The Balaban J connectivity index is 1.42. The topological polar surface area (TPSA) is 73.9 Å². The van der Waals surface area contributed by atoms with Crippen molar-refractivity contribution in [1.29, 1.82) is 0 Å². The summed E-state index contributed by atoms with van der Waals surface area (Å²) in [5.41, 5.74) is 7.37. The molecule has 8 heteroatoms. The van der Waals surface area contributed by atoms with Crippen LogP contribution in [0.5, 0.6) is 0 Å². The summed E-state index contributed by atoms with van der Waals surface area (Å²) in [5, 5.41) is 0.679. The van der Waals surface area contributed by atoms with Crippen LogP contribution < -0.4 is 10.9 Å². The van der Waals surface area contributed by atoms with Gasteiger partial charge in [0.25, 0.3) is 0 Å². The van der Waals surface area contributed by atoms with Crippen molar-refractivity contribution in [3.05, 3.63) is 34.9 Å². The molecule has 0 aromatic heterocycles. The number of morpholine rings is 1. The number of halogens is 1. The summed E-state index contributed by atoms with van der Waals surface area (Å²) >= 11 is 5.99. The zero-order valence-corrected chi connectivity index (χ0v) is 16.7. The molecule has 2 N–H and O–H groups in total. The molecule has 28 heavy (non-hydrogen) atoms. The van der Waals surface area contributed by atoms with Gasteiger partial charge in [0.15, 0.2) is 0 Å². The highest BCUT2D eigenvalue weighted by Gasteiger charge is 2.39. The van der Waals surface area contributed by atoms with Gasteiger partial charge in [0.1, 0.15) is 0 Å². The summed E-state index contributed by atoms with van der Waals surface area (Å²) in [6.07, 6.45) is 1.72. The Morgan fingerprint density at radius 1 is 1.04 bits per heavy atom. The van der Waals surface area contributed by atoms with Gasteiger partial charge in [0.2, 0.25) is 11.8 Å². The van der Waals surface area contributed by atoms with Gasteiger partial charge in [-0.25, -0.2) is 5.43 Å². The van der Waals surface area contributed by atoms with Crippen molar-refractivity contribution in [2.75, 3.05) is 45.9 Å². The fourth-order valence-corrected chi connectivity index (χ4v) is 4.49. The molecule has 0 bridgehead atoms. The Morgan fingerprint density at radius 2 is 1.79 bits per heavy atom. The molecule has 1 aromatic carbocycles. The smallest absolute Gasteiger partial charge is 0.229 e. The van der Waals surface area contributed by atoms with Crippen LogP contribution in [0.1, 0.15) is 24.4 Å². The van der Waals surface area contributed by atoms with Crippen LogP contribution in [0.2, 0.25) is 5.02 Å². The molecule has 3 atom stereocenters. The number of hydrogen-bond acceptors (Lipinski definition) is 5. The van der Waals surface area contributed by atoms with Crippen molar-refractivity contribution in [1.82, 2.24) is 20.7 Å². The number of nitrogens with one attached hydrogen (secondary N) is 2. The number of likely N-dealkylation sites (tertiary alicyclic amines) is 1. The molecule has 3 unspecified atom stereocenters. The third-order valence-electron chi connectivity index (χ3n) is 5.93. The summed E-state index contributed by atoms with van der Waals surface area (Å²) in [5.74, 6) is -0.0276. The Labute approximate surface area is 170 Å². The predicted octanol–water partition coefficient (Wildman–Crippen LogP) is 1.20. The first-order chi connectivity index (χ1) is 13.6. The third kappa shape index (κ3) is 4.17. The zero-order valence-electron chi connectivity index (χ0n) is 15.9. The first-order valence-electron chi connectivity index (χ1n) is 10.0. The maximum absolute atomic E-state index is 13.3. The minimum Gasteiger partial charge on any atom is -0.378 e. The van der Waals surface area contributed by atoms with Gasteiger partial charge in [-0.3, -0.25) is 15.0 Å². The maximum atomic E-state index is 13.3. The average Bonchev–Trinajstić information content (AvgIpc) is 3.24. The number of carbonyl (C=O) groups excluding carboxylic acids is 2. The number of ether oxygens (including phenoxy) is 1. The molecule has 4 rings (SSSR count). The van der Waals surface area contributed by atoms with Crippen molar-refractivity contribution < 1.29 is 14.3 Å². The fraction of sp³-hybridized carbons (Fsp3) is 0.600. The molecule has 3 aliphatic rings. The average molecular weight is 407 g/mol. The normalized spacial score (nSPS) is 28.4. The van der Waals surface area contributed by atoms with Crippen molar-refractivity contribution in [2.24, 2.45) is 11.8 Å². The molecule has 1 aromatic rings. The molecule has 0 saturated carbocycles. The molecule has 0 spiro atoms. The van der Waals surface area contributed by atoms with E-state index < -0.39 is 0 Å². The van der Waals surface area contributed by atoms with Gasteiger partial charge in [-0.2, -0.15) is 0 Å². The number of hydrazine groups is 1. The van der Waals surface area contributed by atoms with E-state index in [1.165, 1.54) is 0 Å². The Kier molecular flexibility index (Phi) is 6.16. The van der Waals surface area contributed by atoms with E-state index >= 15 is 0 Å². The maximum Gasteiger partial charge on any atom is 0.229 e. The molecule has 7 nitrogen and oxygen atoms in total. The van der Waals surface area contributed by atoms with Crippen molar-refractivity contribution in [2.45, 2.75) is 18.9 Å². The Hall–Kier alpha value is -1.67. The third-order valence-corrected chi connectivity index (χ3v) is 6.19. The molecule has 3 saturated heterocycles. The van der Waals surface area contributed by atoms with E-state index in [1.54, 1.807) is 0 Å². The number of nitrogens with zero attached hydrogens (tertiary/aromatic N) is 2. The van der Waals surface area contributed by atoms with Gasteiger partial charge < -0.3 is 14.5 Å². The highest BCUT2D eigenvalue weighted by atomic mass is 35.5. The second kappa shape index (κ2) is 8.78. The van der Waals surface area contributed by atoms with Crippen LogP contribution in [0.25, 0.3) is 0 Å². The summed E-state index contributed by atoms with van der Waals surface area (Å²) in [7, 11) is 0. The lowest BCUT2D eigenvalue weighted by Crippen LogP contribution is -2.51. The standard InChI is InChI=1S/C20H27ClN4O3/c21-16-5-3-14(4-6-16)18-17(12-22-23-18)20(27)25-7-1-2-15(13-25)19(26)24-8-10-28-11-9-24/h3-6,15,17-18,22-23H,1-2,7-13H2.